The van der Waals surface area contributed by atoms with E-state index in [-0.39, 0.29) is 11.6 Å². The van der Waals surface area contributed by atoms with Crippen molar-refractivity contribution in [2.24, 2.45) is 0 Å². The maximum atomic E-state index is 12.6. The van der Waals surface area contributed by atoms with Crippen LogP contribution in [-0.4, -0.2) is 54.0 Å². The Morgan fingerprint density at radius 2 is 1.96 bits per heavy atom. The summed E-state index contributed by atoms with van der Waals surface area (Å²) in [4.78, 5) is 31.0. The summed E-state index contributed by atoms with van der Waals surface area (Å²) in [5.41, 5.74) is 0.964. The Bertz CT molecular complexity index is 820. The van der Waals surface area contributed by atoms with E-state index in [0.717, 1.165) is 0 Å². The highest BCUT2D eigenvalue weighted by Crippen LogP contribution is 2.31. The molecule has 0 atom stereocenters. The molecule has 0 N–H and O–H groups in total. The van der Waals surface area contributed by atoms with E-state index < -0.39 is 4.92 Å². The molecular formula is C17H17ClN4O4. The number of hydrogen-bond acceptors (Lipinski definition) is 6. The van der Waals surface area contributed by atoms with Crippen molar-refractivity contribution in [1.29, 1.82) is 0 Å². The molecule has 0 spiro atoms. The average molecular weight is 377 g/mol. The zero-order chi connectivity index (χ0) is 18.7. The van der Waals surface area contributed by atoms with Crippen molar-refractivity contribution in [3.8, 4) is 5.88 Å². The third-order valence-corrected chi connectivity index (χ3v) is 4.47. The van der Waals surface area contributed by atoms with Gasteiger partial charge in [0.15, 0.2) is 0 Å². The van der Waals surface area contributed by atoms with E-state index in [1.807, 2.05) is 4.90 Å². The quantitative estimate of drug-likeness (QED) is 0.602. The number of piperazine rings is 1. The zero-order valence-corrected chi connectivity index (χ0v) is 14.8. The minimum absolute atomic E-state index is 0.0309. The molecule has 1 aliphatic heterocycles. The molecule has 1 amide bonds. The number of carbonyl (C=O) groups is 1. The fourth-order valence-electron chi connectivity index (χ4n) is 2.87. The van der Waals surface area contributed by atoms with Crippen LogP contribution in [0.25, 0.3) is 0 Å². The number of ether oxygens (including phenoxy) is 1. The molecule has 0 aliphatic carbocycles. The number of nitro groups is 1. The zero-order valence-electron chi connectivity index (χ0n) is 14.1. The van der Waals surface area contributed by atoms with Gasteiger partial charge in [-0.25, -0.2) is 4.98 Å². The fraction of sp³-hybridized carbons (Fsp3) is 0.294. The number of benzene rings is 1. The van der Waals surface area contributed by atoms with Crippen molar-refractivity contribution < 1.29 is 14.5 Å². The molecule has 1 saturated heterocycles. The van der Waals surface area contributed by atoms with Crippen molar-refractivity contribution in [3.63, 3.8) is 0 Å². The molecule has 0 radical (unpaired) electrons. The summed E-state index contributed by atoms with van der Waals surface area (Å²) in [6.07, 6.45) is 1.48. The van der Waals surface area contributed by atoms with E-state index >= 15 is 0 Å². The van der Waals surface area contributed by atoms with Gasteiger partial charge in [0.05, 0.1) is 17.6 Å². The fourth-order valence-corrected chi connectivity index (χ4v) is 3.04. The van der Waals surface area contributed by atoms with E-state index in [4.69, 9.17) is 16.3 Å². The second kappa shape index (κ2) is 7.57. The molecule has 2 aromatic rings. The first-order valence-corrected chi connectivity index (χ1v) is 8.35. The van der Waals surface area contributed by atoms with Crippen LogP contribution in [0.5, 0.6) is 5.88 Å². The molecule has 1 fully saturated rings. The Balaban J connectivity index is 1.69. The first-order valence-electron chi connectivity index (χ1n) is 7.98. The topological polar surface area (TPSA) is 88.8 Å². The maximum absolute atomic E-state index is 12.6. The van der Waals surface area contributed by atoms with E-state index in [1.165, 1.54) is 19.4 Å². The molecule has 1 aliphatic rings. The summed E-state index contributed by atoms with van der Waals surface area (Å²) in [5.74, 6) is 0.326. The highest BCUT2D eigenvalue weighted by Gasteiger charge is 2.26. The van der Waals surface area contributed by atoms with Crippen LogP contribution < -0.4 is 9.64 Å². The first kappa shape index (κ1) is 17.9. The molecule has 9 heteroatoms. The number of carbonyl (C=O) groups excluding carboxylic acids is 1. The van der Waals surface area contributed by atoms with Crippen LogP contribution in [0.2, 0.25) is 5.02 Å². The number of anilines is 1. The molecular weight excluding hydrogens is 360 g/mol. The highest BCUT2D eigenvalue weighted by molar-refractivity contribution is 6.30. The van der Waals surface area contributed by atoms with Gasteiger partial charge in [0, 0.05) is 49.5 Å². The van der Waals surface area contributed by atoms with Crippen LogP contribution in [0.3, 0.4) is 0 Å². The van der Waals surface area contributed by atoms with Gasteiger partial charge in [-0.2, -0.15) is 0 Å². The number of hydrogen-bond donors (Lipinski definition) is 0. The lowest BCUT2D eigenvalue weighted by Crippen LogP contribution is -2.49. The summed E-state index contributed by atoms with van der Waals surface area (Å²) in [7, 11) is 1.51. The molecule has 0 saturated carbocycles. The summed E-state index contributed by atoms with van der Waals surface area (Å²) < 4.78 is 4.99. The third kappa shape index (κ3) is 3.70. The van der Waals surface area contributed by atoms with E-state index in [2.05, 4.69) is 4.98 Å². The van der Waals surface area contributed by atoms with Gasteiger partial charge in [0.25, 0.3) is 11.6 Å². The predicted octanol–water partition coefficient (Wildman–Crippen LogP) is 2.61. The second-order valence-electron chi connectivity index (χ2n) is 5.76. The Kier molecular flexibility index (Phi) is 5.22. The summed E-state index contributed by atoms with van der Waals surface area (Å²) in [6.45, 7) is 1.92. The number of amides is 1. The Labute approximate surface area is 155 Å². The number of nitro benzene ring substituents is 1. The van der Waals surface area contributed by atoms with Crippen molar-refractivity contribution in [3.05, 3.63) is 57.2 Å². The number of pyridine rings is 1. The number of rotatable bonds is 4. The van der Waals surface area contributed by atoms with Crippen LogP contribution in [-0.2, 0) is 0 Å². The van der Waals surface area contributed by atoms with Crippen LogP contribution in [0.1, 0.15) is 10.4 Å². The standard InChI is InChI=1S/C17H17ClN4O4/c1-26-16-5-2-12(11-19-16)17(23)21-8-6-20(7-9-21)14-4-3-13(18)10-15(14)22(24)25/h2-5,10-11H,6-9H2,1H3. The monoisotopic (exact) mass is 376 g/mol. The van der Waals surface area contributed by atoms with Crippen molar-refractivity contribution >= 4 is 28.9 Å². The largest absolute Gasteiger partial charge is 0.481 e. The molecule has 1 aromatic carbocycles. The summed E-state index contributed by atoms with van der Waals surface area (Å²) in [6, 6.07) is 7.93. The maximum Gasteiger partial charge on any atom is 0.294 e. The van der Waals surface area contributed by atoms with Gasteiger partial charge >= 0.3 is 0 Å². The molecule has 136 valence electrons. The van der Waals surface area contributed by atoms with Gasteiger partial charge in [0.1, 0.15) is 5.69 Å². The SMILES string of the molecule is COc1ccc(C(=O)N2CCN(c3ccc(Cl)cc3[N+](=O)[O-])CC2)cn1. The molecule has 8 nitrogen and oxygen atoms in total. The average Bonchev–Trinajstić information content (AvgIpc) is 2.67. The molecule has 2 heterocycles. The minimum Gasteiger partial charge on any atom is -0.481 e. The molecule has 0 unspecified atom stereocenters. The van der Waals surface area contributed by atoms with Crippen LogP contribution >= 0.6 is 11.6 Å². The van der Waals surface area contributed by atoms with Gasteiger partial charge < -0.3 is 14.5 Å². The summed E-state index contributed by atoms with van der Waals surface area (Å²) in [5, 5.41) is 11.6. The minimum atomic E-state index is -0.443. The van der Waals surface area contributed by atoms with Crippen molar-refractivity contribution in [2.75, 3.05) is 38.2 Å². The molecule has 0 bridgehead atoms. The Morgan fingerprint density at radius 3 is 2.54 bits per heavy atom. The number of aromatic nitrogens is 1. The Hall–Kier alpha value is -2.87. The lowest BCUT2D eigenvalue weighted by Gasteiger charge is -2.35. The lowest BCUT2D eigenvalue weighted by atomic mass is 10.2. The van der Waals surface area contributed by atoms with E-state index in [9.17, 15) is 14.9 Å². The van der Waals surface area contributed by atoms with Crippen molar-refractivity contribution in [1.82, 2.24) is 9.88 Å². The van der Waals surface area contributed by atoms with E-state index in [1.54, 1.807) is 29.2 Å². The smallest absolute Gasteiger partial charge is 0.294 e. The van der Waals surface area contributed by atoms with Gasteiger partial charge in [-0.05, 0) is 18.2 Å². The third-order valence-electron chi connectivity index (χ3n) is 4.23. The number of halogens is 1. The van der Waals surface area contributed by atoms with Gasteiger partial charge in [-0.3, -0.25) is 14.9 Å². The molecule has 3 rings (SSSR count). The Morgan fingerprint density at radius 1 is 1.23 bits per heavy atom. The number of methoxy groups -OCH3 is 1. The predicted molar refractivity (Wildman–Crippen MR) is 97.0 cm³/mol. The van der Waals surface area contributed by atoms with Crippen LogP contribution in [0, 0.1) is 10.1 Å². The lowest BCUT2D eigenvalue weighted by molar-refractivity contribution is -0.384. The molecule has 1 aromatic heterocycles. The van der Waals surface area contributed by atoms with Crippen LogP contribution in [0.4, 0.5) is 11.4 Å². The van der Waals surface area contributed by atoms with Crippen LogP contribution in [0.15, 0.2) is 36.5 Å². The number of nitrogens with zero attached hydrogens (tertiary/aromatic N) is 4. The normalized spacial score (nSPS) is 14.2. The highest BCUT2D eigenvalue weighted by atomic mass is 35.5. The van der Waals surface area contributed by atoms with E-state index in [0.29, 0.717) is 48.3 Å². The van der Waals surface area contributed by atoms with Crippen molar-refractivity contribution in [2.45, 2.75) is 0 Å². The first-order chi connectivity index (χ1) is 12.5. The molecule has 26 heavy (non-hydrogen) atoms. The van der Waals surface area contributed by atoms with Gasteiger partial charge in [-0.1, -0.05) is 11.6 Å². The van der Waals surface area contributed by atoms with Gasteiger partial charge in [-0.15, -0.1) is 0 Å². The summed E-state index contributed by atoms with van der Waals surface area (Å²) >= 11 is 5.86. The second-order valence-corrected chi connectivity index (χ2v) is 6.20. The van der Waals surface area contributed by atoms with Gasteiger partial charge in [0.2, 0.25) is 5.88 Å².